The number of nitrogens with zero attached hydrogens (tertiary/aromatic N) is 2. The van der Waals surface area contributed by atoms with Crippen LogP contribution in [0, 0.1) is 13.8 Å². The van der Waals surface area contributed by atoms with Gasteiger partial charge in [0.25, 0.3) is 0 Å². The Bertz CT molecular complexity index is 492. The zero-order chi connectivity index (χ0) is 11.5. The molecule has 0 atom stereocenters. The van der Waals surface area contributed by atoms with Crippen LogP contribution in [0.3, 0.4) is 0 Å². The number of anilines is 1. The summed E-state index contributed by atoms with van der Waals surface area (Å²) < 4.78 is 0. The number of hydrogen-bond donors (Lipinski definition) is 2. The average Bonchev–Trinajstić information content (AvgIpc) is 2.66. The number of nitrogens with one attached hydrogen (secondary N) is 1. The third-order valence-electron chi connectivity index (χ3n) is 2.42. The summed E-state index contributed by atoms with van der Waals surface area (Å²) in [5.41, 5.74) is 9.35. The number of aryl methyl sites for hydroxylation is 2. The minimum Gasteiger partial charge on any atom is -0.368 e. The summed E-state index contributed by atoms with van der Waals surface area (Å²) in [7, 11) is 0. The molecule has 0 bridgehead atoms. The first-order valence-electron chi connectivity index (χ1n) is 5.02. The van der Waals surface area contributed by atoms with Gasteiger partial charge in [-0.1, -0.05) is 30.0 Å². The second-order valence-electron chi connectivity index (χ2n) is 3.71. The summed E-state index contributed by atoms with van der Waals surface area (Å²) >= 11 is 1.58. The maximum atomic E-state index is 5.45. The van der Waals surface area contributed by atoms with Gasteiger partial charge in [0.05, 0.1) is 0 Å². The zero-order valence-corrected chi connectivity index (χ0v) is 10.1. The van der Waals surface area contributed by atoms with Crippen molar-refractivity contribution in [1.29, 1.82) is 0 Å². The lowest BCUT2D eigenvalue weighted by molar-refractivity contribution is 0.973. The number of thioether (sulfide) groups is 1. The van der Waals surface area contributed by atoms with E-state index >= 15 is 0 Å². The van der Waals surface area contributed by atoms with Gasteiger partial charge in [-0.15, -0.1) is 5.10 Å². The molecule has 16 heavy (non-hydrogen) atoms. The number of benzene rings is 1. The Balaban J connectivity index is 2.02. The van der Waals surface area contributed by atoms with Crippen molar-refractivity contribution in [3.63, 3.8) is 0 Å². The van der Waals surface area contributed by atoms with E-state index in [1.807, 2.05) is 0 Å². The van der Waals surface area contributed by atoms with Crippen LogP contribution in [0.1, 0.15) is 16.7 Å². The molecule has 84 valence electrons. The first-order valence-corrected chi connectivity index (χ1v) is 6.00. The molecule has 2 rings (SSSR count). The van der Waals surface area contributed by atoms with Crippen LogP contribution in [-0.4, -0.2) is 15.2 Å². The highest BCUT2D eigenvalue weighted by atomic mass is 32.2. The van der Waals surface area contributed by atoms with E-state index < -0.39 is 0 Å². The molecule has 0 fully saturated rings. The predicted octanol–water partition coefficient (Wildman–Crippen LogP) is 2.30. The molecule has 0 saturated carbocycles. The molecule has 0 unspecified atom stereocenters. The summed E-state index contributed by atoms with van der Waals surface area (Å²) in [5, 5.41) is 7.28. The zero-order valence-electron chi connectivity index (χ0n) is 9.32. The lowest BCUT2D eigenvalue weighted by atomic mass is 10.1. The van der Waals surface area contributed by atoms with Crippen molar-refractivity contribution in [3.8, 4) is 0 Å². The van der Waals surface area contributed by atoms with Crippen molar-refractivity contribution in [2.75, 3.05) is 5.73 Å². The molecular weight excluding hydrogens is 220 g/mol. The molecule has 0 spiro atoms. The van der Waals surface area contributed by atoms with Crippen LogP contribution in [0.15, 0.2) is 23.4 Å². The van der Waals surface area contributed by atoms with Crippen molar-refractivity contribution in [2.24, 2.45) is 0 Å². The molecule has 4 nitrogen and oxygen atoms in total. The summed E-state index contributed by atoms with van der Waals surface area (Å²) in [6.07, 6.45) is 0. The maximum Gasteiger partial charge on any atom is 0.216 e. The first-order chi connectivity index (χ1) is 7.65. The number of aromatic nitrogens is 3. The van der Waals surface area contributed by atoms with Gasteiger partial charge >= 0.3 is 0 Å². The number of nitrogens with two attached hydrogens (primary N) is 1. The smallest absolute Gasteiger partial charge is 0.216 e. The summed E-state index contributed by atoms with van der Waals surface area (Å²) in [5.74, 6) is 1.22. The molecule has 0 aliphatic heterocycles. The van der Waals surface area contributed by atoms with Crippen molar-refractivity contribution in [2.45, 2.75) is 24.8 Å². The van der Waals surface area contributed by atoms with Crippen LogP contribution in [0.2, 0.25) is 0 Å². The Hall–Kier alpha value is -1.49. The van der Waals surface area contributed by atoms with E-state index in [0.717, 1.165) is 5.75 Å². The van der Waals surface area contributed by atoms with Gasteiger partial charge in [-0.3, -0.25) is 0 Å². The van der Waals surface area contributed by atoms with Crippen LogP contribution in [0.4, 0.5) is 5.95 Å². The van der Waals surface area contributed by atoms with E-state index in [9.17, 15) is 0 Å². The third-order valence-corrected chi connectivity index (χ3v) is 3.34. The highest BCUT2D eigenvalue weighted by Crippen LogP contribution is 2.20. The average molecular weight is 234 g/mol. The Morgan fingerprint density at radius 3 is 2.75 bits per heavy atom. The molecule has 1 aromatic heterocycles. The second-order valence-corrected chi connectivity index (χ2v) is 4.65. The third kappa shape index (κ3) is 2.55. The first kappa shape index (κ1) is 11.0. The molecule has 0 aliphatic carbocycles. The molecule has 1 aromatic carbocycles. The summed E-state index contributed by atoms with van der Waals surface area (Å²) in [6.45, 7) is 4.23. The van der Waals surface area contributed by atoms with Crippen molar-refractivity contribution in [3.05, 3.63) is 34.9 Å². The van der Waals surface area contributed by atoms with Crippen LogP contribution < -0.4 is 5.73 Å². The van der Waals surface area contributed by atoms with Crippen LogP contribution in [0.25, 0.3) is 0 Å². The maximum absolute atomic E-state index is 5.45. The Morgan fingerprint density at radius 1 is 1.31 bits per heavy atom. The highest BCUT2D eigenvalue weighted by Gasteiger charge is 2.02. The van der Waals surface area contributed by atoms with E-state index in [0.29, 0.717) is 11.1 Å². The van der Waals surface area contributed by atoms with Crippen LogP contribution in [-0.2, 0) is 5.75 Å². The topological polar surface area (TPSA) is 67.6 Å². The predicted molar refractivity (Wildman–Crippen MR) is 66.3 cm³/mol. The standard InChI is InChI=1S/C11H14N4S/c1-7-3-4-9(5-8(7)2)6-16-11-13-10(12)14-15-11/h3-5H,6H2,1-2H3,(H3,12,13,14,15). The largest absolute Gasteiger partial charge is 0.368 e. The fraction of sp³-hybridized carbons (Fsp3) is 0.273. The van der Waals surface area contributed by atoms with Gasteiger partial charge < -0.3 is 5.73 Å². The molecule has 0 amide bonds. The fourth-order valence-electron chi connectivity index (χ4n) is 1.36. The van der Waals surface area contributed by atoms with Crippen LogP contribution >= 0.6 is 11.8 Å². The van der Waals surface area contributed by atoms with Crippen molar-refractivity contribution in [1.82, 2.24) is 15.2 Å². The van der Waals surface area contributed by atoms with E-state index in [4.69, 9.17) is 5.73 Å². The molecule has 5 heteroatoms. The van der Waals surface area contributed by atoms with E-state index in [-0.39, 0.29) is 0 Å². The fourth-order valence-corrected chi connectivity index (χ4v) is 2.11. The summed E-state index contributed by atoms with van der Waals surface area (Å²) in [6, 6.07) is 6.46. The van der Waals surface area contributed by atoms with Gasteiger partial charge in [0, 0.05) is 5.75 Å². The summed E-state index contributed by atoms with van der Waals surface area (Å²) in [4.78, 5) is 4.04. The van der Waals surface area contributed by atoms with Gasteiger partial charge in [-0.05, 0) is 30.5 Å². The molecule has 2 aromatic rings. The second kappa shape index (κ2) is 4.57. The van der Waals surface area contributed by atoms with E-state index in [1.54, 1.807) is 11.8 Å². The normalized spacial score (nSPS) is 10.6. The monoisotopic (exact) mass is 234 g/mol. The number of hydrogen-bond acceptors (Lipinski definition) is 4. The molecule has 0 aliphatic rings. The number of rotatable bonds is 3. The quantitative estimate of drug-likeness (QED) is 0.800. The molecule has 0 saturated heterocycles. The van der Waals surface area contributed by atoms with Crippen LogP contribution in [0.5, 0.6) is 0 Å². The molecule has 0 radical (unpaired) electrons. The highest BCUT2D eigenvalue weighted by molar-refractivity contribution is 7.98. The lowest BCUT2D eigenvalue weighted by Crippen LogP contribution is -1.87. The van der Waals surface area contributed by atoms with Crippen molar-refractivity contribution < 1.29 is 0 Å². The number of nitrogen functional groups attached to an aromatic ring is 1. The Morgan fingerprint density at radius 2 is 2.12 bits per heavy atom. The van der Waals surface area contributed by atoms with E-state index in [1.165, 1.54) is 16.7 Å². The lowest BCUT2D eigenvalue weighted by Gasteiger charge is -2.03. The minimum absolute atomic E-state index is 0.364. The number of H-pyrrole nitrogens is 1. The van der Waals surface area contributed by atoms with Gasteiger partial charge in [-0.2, -0.15) is 4.98 Å². The molecule has 3 N–H and O–H groups in total. The van der Waals surface area contributed by atoms with Gasteiger partial charge in [0.15, 0.2) is 0 Å². The van der Waals surface area contributed by atoms with Gasteiger partial charge in [0.1, 0.15) is 0 Å². The molecular formula is C11H14N4S. The Labute approximate surface area is 98.7 Å². The van der Waals surface area contributed by atoms with E-state index in [2.05, 4.69) is 47.2 Å². The molecule has 1 heterocycles. The minimum atomic E-state index is 0.364. The Kier molecular flexibility index (Phi) is 3.14. The van der Waals surface area contributed by atoms with Gasteiger partial charge in [0.2, 0.25) is 11.1 Å². The van der Waals surface area contributed by atoms with Crippen molar-refractivity contribution >= 4 is 17.7 Å². The number of aromatic amines is 1. The van der Waals surface area contributed by atoms with Gasteiger partial charge in [-0.25, -0.2) is 5.10 Å². The SMILES string of the molecule is Cc1ccc(CSc2n[nH]c(N)n2)cc1C.